The number of carbonyl (C=O) groups is 2. The van der Waals surface area contributed by atoms with Gasteiger partial charge in [0.2, 0.25) is 0 Å². The number of benzene rings is 2. The number of amides is 1. The highest BCUT2D eigenvalue weighted by Crippen LogP contribution is 2.40. The lowest BCUT2D eigenvalue weighted by atomic mass is 9.95. The third-order valence-corrected chi connectivity index (χ3v) is 3.99. The Morgan fingerprint density at radius 2 is 2.00 bits per heavy atom. The minimum Gasteiger partial charge on any atom is -0.507 e. The molecular formula is C17H14FNO5. The summed E-state index contributed by atoms with van der Waals surface area (Å²) in [6, 6.07) is 6.87. The van der Waals surface area contributed by atoms with Gasteiger partial charge in [-0.05, 0) is 30.7 Å². The van der Waals surface area contributed by atoms with E-state index >= 15 is 0 Å². The van der Waals surface area contributed by atoms with Crippen LogP contribution in [-0.2, 0) is 11.2 Å². The zero-order valence-corrected chi connectivity index (χ0v) is 12.7. The highest BCUT2D eigenvalue weighted by molar-refractivity contribution is 6.11. The van der Waals surface area contributed by atoms with Gasteiger partial charge in [-0.15, -0.1) is 0 Å². The summed E-state index contributed by atoms with van der Waals surface area (Å²) in [5.74, 6) is -2.12. The van der Waals surface area contributed by atoms with E-state index in [0.29, 0.717) is 5.56 Å². The van der Waals surface area contributed by atoms with Crippen molar-refractivity contribution in [3.8, 4) is 11.5 Å². The van der Waals surface area contributed by atoms with Crippen LogP contribution in [0.4, 0.5) is 4.39 Å². The van der Waals surface area contributed by atoms with Gasteiger partial charge in [-0.1, -0.05) is 12.1 Å². The number of ether oxygens (including phenoxy) is 1. The predicted molar refractivity (Wildman–Crippen MR) is 80.7 cm³/mol. The zero-order valence-electron chi connectivity index (χ0n) is 12.7. The number of halogens is 1. The van der Waals surface area contributed by atoms with Crippen LogP contribution < -0.4 is 10.2 Å². The maximum absolute atomic E-state index is 13.8. The summed E-state index contributed by atoms with van der Waals surface area (Å²) in [6.45, 7) is 1.53. The smallest absolute Gasteiger partial charge is 0.284 e. The Kier molecular flexibility index (Phi) is 3.94. The Morgan fingerprint density at radius 3 is 2.67 bits per heavy atom. The van der Waals surface area contributed by atoms with Crippen LogP contribution in [-0.4, -0.2) is 28.1 Å². The Bertz CT molecular complexity index is 849. The average Bonchev–Trinajstić information content (AvgIpc) is 3.01. The number of carbonyl (C=O) groups excluding carboxylic acids is 2. The van der Waals surface area contributed by atoms with E-state index in [4.69, 9.17) is 9.94 Å². The van der Waals surface area contributed by atoms with Crippen LogP contribution in [0.5, 0.6) is 11.5 Å². The van der Waals surface area contributed by atoms with Crippen LogP contribution in [0.2, 0.25) is 0 Å². The molecule has 1 atom stereocenters. The summed E-state index contributed by atoms with van der Waals surface area (Å²) >= 11 is 0. The number of aromatic hydroxyl groups is 1. The van der Waals surface area contributed by atoms with Crippen molar-refractivity contribution in [3.63, 3.8) is 0 Å². The van der Waals surface area contributed by atoms with Crippen LogP contribution in [0.1, 0.15) is 27.0 Å². The molecule has 7 heteroatoms. The first-order valence-corrected chi connectivity index (χ1v) is 7.19. The molecule has 3 rings (SSSR count). The molecule has 1 aliphatic heterocycles. The highest BCUT2D eigenvalue weighted by Gasteiger charge is 2.33. The predicted octanol–water partition coefficient (Wildman–Crippen LogP) is 1.88. The van der Waals surface area contributed by atoms with E-state index < -0.39 is 23.6 Å². The van der Waals surface area contributed by atoms with Crippen LogP contribution in [0, 0.1) is 12.7 Å². The summed E-state index contributed by atoms with van der Waals surface area (Å²) in [6.07, 6.45) is -0.831. The molecule has 0 aromatic heterocycles. The van der Waals surface area contributed by atoms with E-state index in [1.54, 1.807) is 0 Å². The van der Waals surface area contributed by atoms with Crippen molar-refractivity contribution in [2.45, 2.75) is 19.4 Å². The number of ketones is 1. The number of rotatable bonds is 3. The molecule has 0 saturated heterocycles. The molecule has 3 N–H and O–H groups in total. The SMILES string of the molecule is Cc1c(O)c(C(=O)c2ccccc2F)cc2c1OC(C(=O)NO)C2. The molecule has 1 amide bonds. The second-order valence-corrected chi connectivity index (χ2v) is 5.48. The molecular weight excluding hydrogens is 317 g/mol. The van der Waals surface area contributed by atoms with E-state index in [2.05, 4.69) is 0 Å². The van der Waals surface area contributed by atoms with Gasteiger partial charge in [-0.3, -0.25) is 14.8 Å². The van der Waals surface area contributed by atoms with E-state index in [1.165, 1.54) is 36.7 Å². The lowest BCUT2D eigenvalue weighted by Gasteiger charge is -2.12. The fraction of sp³-hybridized carbons (Fsp3) is 0.176. The minimum atomic E-state index is -0.957. The number of phenolic OH excluding ortho intramolecular Hbond substituents is 1. The van der Waals surface area contributed by atoms with Gasteiger partial charge in [0.25, 0.3) is 5.91 Å². The topological polar surface area (TPSA) is 95.9 Å². The molecule has 1 aliphatic rings. The fourth-order valence-corrected chi connectivity index (χ4v) is 2.74. The van der Waals surface area contributed by atoms with Crippen LogP contribution in [0.25, 0.3) is 0 Å². The quantitative estimate of drug-likeness (QED) is 0.453. The third-order valence-electron chi connectivity index (χ3n) is 3.99. The van der Waals surface area contributed by atoms with E-state index in [9.17, 15) is 19.1 Å². The van der Waals surface area contributed by atoms with Crippen LogP contribution in [0.3, 0.4) is 0 Å². The largest absolute Gasteiger partial charge is 0.507 e. The molecule has 124 valence electrons. The van der Waals surface area contributed by atoms with Gasteiger partial charge in [0.1, 0.15) is 17.3 Å². The number of hydrogen-bond acceptors (Lipinski definition) is 5. The van der Waals surface area contributed by atoms with Crippen molar-refractivity contribution in [3.05, 3.63) is 58.4 Å². The molecule has 6 nitrogen and oxygen atoms in total. The van der Waals surface area contributed by atoms with Gasteiger partial charge in [0.15, 0.2) is 11.9 Å². The summed E-state index contributed by atoms with van der Waals surface area (Å²) < 4.78 is 19.3. The van der Waals surface area contributed by atoms with Crippen LogP contribution in [0.15, 0.2) is 30.3 Å². The van der Waals surface area contributed by atoms with Gasteiger partial charge in [-0.2, -0.15) is 0 Å². The van der Waals surface area contributed by atoms with Crippen molar-refractivity contribution in [1.82, 2.24) is 5.48 Å². The summed E-state index contributed by atoms with van der Waals surface area (Å²) in [7, 11) is 0. The van der Waals surface area contributed by atoms with E-state index in [1.807, 2.05) is 0 Å². The second-order valence-electron chi connectivity index (χ2n) is 5.48. The number of nitrogens with one attached hydrogen (secondary N) is 1. The lowest BCUT2D eigenvalue weighted by molar-refractivity contribution is -0.135. The lowest BCUT2D eigenvalue weighted by Crippen LogP contribution is -2.35. The molecule has 0 aliphatic carbocycles. The molecule has 2 aromatic carbocycles. The van der Waals surface area contributed by atoms with Crippen molar-refractivity contribution in [1.29, 1.82) is 0 Å². The monoisotopic (exact) mass is 331 g/mol. The number of hydroxylamine groups is 1. The maximum atomic E-state index is 13.8. The Hall–Kier alpha value is -2.93. The van der Waals surface area contributed by atoms with Crippen molar-refractivity contribution in [2.75, 3.05) is 0 Å². The van der Waals surface area contributed by atoms with Crippen molar-refractivity contribution < 1.29 is 29.0 Å². The van der Waals surface area contributed by atoms with Gasteiger partial charge in [0, 0.05) is 12.0 Å². The Morgan fingerprint density at radius 1 is 1.29 bits per heavy atom. The highest BCUT2D eigenvalue weighted by atomic mass is 19.1. The molecule has 0 bridgehead atoms. The Labute approximate surface area is 136 Å². The maximum Gasteiger partial charge on any atom is 0.284 e. The minimum absolute atomic E-state index is 0.0648. The summed E-state index contributed by atoms with van der Waals surface area (Å²) in [5.41, 5.74) is 2.09. The summed E-state index contributed by atoms with van der Waals surface area (Å²) in [4.78, 5) is 24.1. The number of phenols is 1. The summed E-state index contributed by atoms with van der Waals surface area (Å²) in [5, 5.41) is 19.0. The third kappa shape index (κ3) is 2.48. The first-order chi connectivity index (χ1) is 11.4. The first-order valence-electron chi connectivity index (χ1n) is 7.19. The normalized spacial score (nSPS) is 15.5. The molecule has 0 fully saturated rings. The molecule has 0 spiro atoms. The van der Waals surface area contributed by atoms with E-state index in [-0.39, 0.29) is 34.6 Å². The van der Waals surface area contributed by atoms with Crippen molar-refractivity contribution >= 4 is 11.7 Å². The van der Waals surface area contributed by atoms with Gasteiger partial charge in [0.05, 0.1) is 11.1 Å². The Balaban J connectivity index is 2.04. The standard InChI is InChI=1S/C17H14FNO5/c1-8-14(20)11(15(21)10-4-2-3-5-12(10)18)6-9-7-13(17(22)19-23)24-16(8)9/h2-6,13,20,23H,7H2,1H3,(H,19,22). The first kappa shape index (κ1) is 15.9. The number of hydrogen-bond donors (Lipinski definition) is 3. The second kappa shape index (κ2) is 5.93. The van der Waals surface area contributed by atoms with Crippen LogP contribution >= 0.6 is 0 Å². The molecule has 0 radical (unpaired) electrons. The molecule has 24 heavy (non-hydrogen) atoms. The molecule has 1 heterocycles. The average molecular weight is 331 g/mol. The van der Waals surface area contributed by atoms with Gasteiger partial charge >= 0.3 is 0 Å². The zero-order chi connectivity index (χ0) is 17.4. The van der Waals surface area contributed by atoms with Gasteiger partial charge in [-0.25, -0.2) is 9.87 Å². The molecule has 0 saturated carbocycles. The van der Waals surface area contributed by atoms with E-state index in [0.717, 1.165) is 6.07 Å². The fourth-order valence-electron chi connectivity index (χ4n) is 2.74. The number of fused-ring (bicyclic) bond motifs is 1. The molecule has 1 unspecified atom stereocenters. The van der Waals surface area contributed by atoms with Gasteiger partial charge < -0.3 is 9.84 Å². The van der Waals surface area contributed by atoms with Crippen molar-refractivity contribution in [2.24, 2.45) is 0 Å². The molecule has 2 aromatic rings.